The lowest BCUT2D eigenvalue weighted by molar-refractivity contribution is -0.0917. The fourth-order valence-corrected chi connectivity index (χ4v) is 4.13. The number of amides is 2. The Labute approximate surface area is 216 Å². The Hall–Kier alpha value is -3.45. The van der Waals surface area contributed by atoms with Crippen molar-refractivity contribution in [2.24, 2.45) is 0 Å². The van der Waals surface area contributed by atoms with Gasteiger partial charge in [0.2, 0.25) is 0 Å². The lowest BCUT2D eigenvalue weighted by Crippen LogP contribution is -2.28. The van der Waals surface area contributed by atoms with Gasteiger partial charge in [-0.15, -0.1) is 0 Å². The second kappa shape index (κ2) is 12.2. The maximum absolute atomic E-state index is 13.6. The second-order valence-corrected chi connectivity index (χ2v) is 9.29. The number of allylic oxidation sites excluding steroid dienone is 1. The molecule has 1 aliphatic rings. The molecule has 0 aromatic carbocycles. The zero-order chi connectivity index (χ0) is 27.2. The Balaban J connectivity index is 2.03. The van der Waals surface area contributed by atoms with Crippen molar-refractivity contribution in [2.75, 3.05) is 25.5 Å². The van der Waals surface area contributed by atoms with Crippen LogP contribution in [0.4, 0.5) is 23.8 Å². The standard InChI is InChI=1S/C24H27F3N6O3S/c1-4-30-23(35)33-20-8-17(18(11-32-20)14-7-15(10-29-9-14)22(34)36-3)21(28)37-19(12-31-16-5-6-16)13(2)24(25,26)27/h7-11,16,28,31H,4-6,12H2,1-3H3,(H2,30,32,33,35)/b19-13+,28-21?. The van der Waals surface area contributed by atoms with Gasteiger partial charge in [0, 0.05) is 64.9 Å². The highest BCUT2D eigenvalue weighted by atomic mass is 32.2. The molecule has 0 spiro atoms. The van der Waals surface area contributed by atoms with Gasteiger partial charge in [0.15, 0.2) is 0 Å². The van der Waals surface area contributed by atoms with Crippen molar-refractivity contribution in [2.45, 2.75) is 38.9 Å². The van der Waals surface area contributed by atoms with Crippen LogP contribution in [-0.2, 0) is 4.74 Å². The first-order valence-electron chi connectivity index (χ1n) is 11.4. The Morgan fingerprint density at radius 3 is 2.57 bits per heavy atom. The molecule has 1 aliphatic carbocycles. The number of aromatic nitrogens is 2. The van der Waals surface area contributed by atoms with Gasteiger partial charge in [-0.05, 0) is 38.8 Å². The third kappa shape index (κ3) is 7.76. The molecule has 3 rings (SSSR count). The molecule has 0 radical (unpaired) electrons. The number of alkyl halides is 3. The maximum Gasteiger partial charge on any atom is 0.413 e. The van der Waals surface area contributed by atoms with Gasteiger partial charge in [-0.25, -0.2) is 14.6 Å². The molecule has 0 bridgehead atoms. The van der Waals surface area contributed by atoms with E-state index in [2.05, 4.69) is 25.9 Å². The summed E-state index contributed by atoms with van der Waals surface area (Å²) in [6, 6.07) is 2.53. The number of hydrogen-bond donors (Lipinski definition) is 4. The summed E-state index contributed by atoms with van der Waals surface area (Å²) in [6.07, 6.45) is 1.35. The molecule has 1 saturated carbocycles. The Morgan fingerprint density at radius 2 is 1.95 bits per heavy atom. The van der Waals surface area contributed by atoms with Gasteiger partial charge in [0.1, 0.15) is 5.82 Å². The van der Waals surface area contributed by atoms with Crippen molar-refractivity contribution < 1.29 is 27.5 Å². The molecule has 2 aromatic heterocycles. The van der Waals surface area contributed by atoms with E-state index in [1.807, 2.05) is 0 Å². The van der Waals surface area contributed by atoms with E-state index >= 15 is 0 Å². The molecule has 0 aliphatic heterocycles. The topological polar surface area (TPSA) is 129 Å². The van der Waals surface area contributed by atoms with Gasteiger partial charge in [-0.2, -0.15) is 13.2 Å². The molecule has 0 saturated heterocycles. The van der Waals surface area contributed by atoms with Crippen molar-refractivity contribution in [3.8, 4) is 11.1 Å². The number of nitrogens with zero attached hydrogens (tertiary/aromatic N) is 2. The average Bonchev–Trinajstić information content (AvgIpc) is 3.69. The van der Waals surface area contributed by atoms with Crippen LogP contribution in [0.3, 0.4) is 0 Å². The normalized spacial score (nSPS) is 14.0. The highest BCUT2D eigenvalue weighted by Crippen LogP contribution is 2.36. The van der Waals surface area contributed by atoms with Gasteiger partial charge in [-0.3, -0.25) is 15.7 Å². The summed E-state index contributed by atoms with van der Waals surface area (Å²) >= 11 is 0.677. The maximum atomic E-state index is 13.6. The molecule has 198 valence electrons. The first-order chi connectivity index (χ1) is 17.5. The minimum atomic E-state index is -4.56. The van der Waals surface area contributed by atoms with Crippen LogP contribution >= 0.6 is 11.8 Å². The van der Waals surface area contributed by atoms with E-state index in [1.165, 1.54) is 37.8 Å². The lowest BCUT2D eigenvalue weighted by atomic mass is 10.0. The number of nitrogens with one attached hydrogen (secondary N) is 4. The van der Waals surface area contributed by atoms with Crippen LogP contribution in [-0.4, -0.2) is 59.4 Å². The number of carbonyl (C=O) groups is 2. The van der Waals surface area contributed by atoms with E-state index in [0.29, 0.717) is 29.4 Å². The summed E-state index contributed by atoms with van der Waals surface area (Å²) < 4.78 is 45.5. The number of methoxy groups -OCH3 is 1. The van der Waals surface area contributed by atoms with Crippen LogP contribution in [0, 0.1) is 5.41 Å². The van der Waals surface area contributed by atoms with Gasteiger partial charge in [0.25, 0.3) is 0 Å². The molecular formula is C24H27F3N6O3S. The van der Waals surface area contributed by atoms with E-state index < -0.39 is 23.7 Å². The predicted molar refractivity (Wildman–Crippen MR) is 136 cm³/mol. The summed E-state index contributed by atoms with van der Waals surface area (Å²) in [5.74, 6) is -0.527. The number of rotatable bonds is 9. The third-order valence-electron chi connectivity index (χ3n) is 5.40. The molecule has 37 heavy (non-hydrogen) atoms. The van der Waals surface area contributed by atoms with Crippen LogP contribution in [0.15, 0.2) is 41.2 Å². The summed E-state index contributed by atoms with van der Waals surface area (Å²) in [4.78, 5) is 32.2. The number of anilines is 1. The number of urea groups is 1. The monoisotopic (exact) mass is 536 g/mol. The van der Waals surface area contributed by atoms with Crippen molar-refractivity contribution in [3.63, 3.8) is 0 Å². The number of thioether (sulfide) groups is 1. The Kier molecular flexibility index (Phi) is 9.27. The largest absolute Gasteiger partial charge is 0.465 e. The lowest BCUT2D eigenvalue weighted by Gasteiger charge is -2.18. The molecule has 4 N–H and O–H groups in total. The predicted octanol–water partition coefficient (Wildman–Crippen LogP) is 4.72. The summed E-state index contributed by atoms with van der Waals surface area (Å²) in [6.45, 7) is 3.06. The molecule has 0 unspecified atom stereocenters. The van der Waals surface area contributed by atoms with Crippen LogP contribution in [0.5, 0.6) is 0 Å². The molecule has 2 heterocycles. The smallest absolute Gasteiger partial charge is 0.413 e. The molecule has 2 aromatic rings. The zero-order valence-corrected chi connectivity index (χ0v) is 21.3. The highest BCUT2D eigenvalue weighted by molar-refractivity contribution is 8.17. The molecule has 13 heteroatoms. The number of esters is 1. The van der Waals surface area contributed by atoms with Crippen molar-refractivity contribution in [1.29, 1.82) is 5.41 Å². The van der Waals surface area contributed by atoms with Crippen molar-refractivity contribution >= 4 is 34.6 Å². The van der Waals surface area contributed by atoms with E-state index in [-0.39, 0.29) is 39.5 Å². The Bertz CT molecular complexity index is 1210. The van der Waals surface area contributed by atoms with Crippen LogP contribution < -0.4 is 16.0 Å². The van der Waals surface area contributed by atoms with Crippen molar-refractivity contribution in [1.82, 2.24) is 20.6 Å². The van der Waals surface area contributed by atoms with E-state index in [4.69, 9.17) is 10.1 Å². The first kappa shape index (κ1) is 28.1. The second-order valence-electron chi connectivity index (χ2n) is 8.19. The van der Waals surface area contributed by atoms with Crippen molar-refractivity contribution in [3.05, 3.63) is 52.3 Å². The first-order valence-corrected chi connectivity index (χ1v) is 12.2. The van der Waals surface area contributed by atoms with Gasteiger partial charge >= 0.3 is 18.2 Å². The summed E-state index contributed by atoms with van der Waals surface area (Å²) in [5.41, 5.74) is 0.304. The number of pyridine rings is 2. The van der Waals surface area contributed by atoms with E-state index in [9.17, 15) is 22.8 Å². The molecular weight excluding hydrogens is 509 g/mol. The number of halogens is 3. The highest BCUT2D eigenvalue weighted by Gasteiger charge is 2.34. The fraction of sp³-hybridized carbons (Fsp3) is 0.375. The van der Waals surface area contributed by atoms with Gasteiger partial charge < -0.3 is 15.4 Å². The van der Waals surface area contributed by atoms with Crippen LogP contribution in [0.25, 0.3) is 11.1 Å². The third-order valence-corrected chi connectivity index (χ3v) is 6.52. The quantitative estimate of drug-likeness (QED) is 0.207. The molecule has 1 fully saturated rings. The summed E-state index contributed by atoms with van der Waals surface area (Å²) in [7, 11) is 1.22. The molecule has 2 amide bonds. The Morgan fingerprint density at radius 1 is 1.22 bits per heavy atom. The van der Waals surface area contributed by atoms with Gasteiger partial charge in [-0.1, -0.05) is 11.8 Å². The number of hydrogen-bond acceptors (Lipinski definition) is 8. The van der Waals surface area contributed by atoms with E-state index in [0.717, 1.165) is 19.8 Å². The van der Waals surface area contributed by atoms with Crippen LogP contribution in [0.1, 0.15) is 42.6 Å². The summed E-state index contributed by atoms with van der Waals surface area (Å²) in [5, 5.41) is 16.7. The zero-order valence-electron chi connectivity index (χ0n) is 20.5. The van der Waals surface area contributed by atoms with E-state index in [1.54, 1.807) is 6.92 Å². The number of ether oxygens (including phenoxy) is 1. The minimum absolute atomic E-state index is 0.0349. The average molecular weight is 537 g/mol. The fourth-order valence-electron chi connectivity index (χ4n) is 3.19. The molecule has 0 atom stereocenters. The minimum Gasteiger partial charge on any atom is -0.465 e. The SMILES string of the molecule is CCNC(=O)Nc1cc(C(=N)S/C(CNC2CC2)=C(\C)C(F)(F)F)c(-c2cncc(C(=O)OC)c2)cn1. The van der Waals surface area contributed by atoms with Crippen LogP contribution in [0.2, 0.25) is 0 Å². The molecule has 9 nitrogen and oxygen atoms in total. The van der Waals surface area contributed by atoms with Gasteiger partial charge in [0.05, 0.1) is 17.7 Å². The number of carbonyl (C=O) groups excluding carboxylic acids is 2.